The Balaban J connectivity index is 2.07. The Morgan fingerprint density at radius 2 is 2.00 bits per heavy atom. The molecule has 0 saturated heterocycles. The van der Waals surface area contributed by atoms with Crippen molar-refractivity contribution >= 4 is 27.3 Å². The highest BCUT2D eigenvalue weighted by Crippen LogP contribution is 2.26. The van der Waals surface area contributed by atoms with E-state index in [0.717, 1.165) is 10.9 Å². The normalized spacial score (nSPS) is 12.7. The van der Waals surface area contributed by atoms with E-state index < -0.39 is 0 Å². The summed E-state index contributed by atoms with van der Waals surface area (Å²) in [4.78, 5) is 1.23. The third-order valence-electron chi connectivity index (χ3n) is 2.25. The topological polar surface area (TPSA) is 26.0 Å². The van der Waals surface area contributed by atoms with E-state index in [1.807, 2.05) is 18.2 Å². The molecule has 0 aliphatic heterocycles. The van der Waals surface area contributed by atoms with Crippen LogP contribution in [-0.4, -0.2) is 0 Å². The summed E-state index contributed by atoms with van der Waals surface area (Å²) in [5.41, 5.74) is 7.42. The maximum atomic E-state index is 6.13. The lowest BCUT2D eigenvalue weighted by Gasteiger charge is -2.08. The SMILES string of the molecule is NC(Cc1ccccc1)c1cc(Br)cs1. The number of nitrogens with two attached hydrogens (primary N) is 1. The molecule has 3 heteroatoms. The van der Waals surface area contributed by atoms with Crippen molar-refractivity contribution in [3.05, 3.63) is 56.7 Å². The molecular formula is C12H12BrNS. The zero-order valence-corrected chi connectivity index (χ0v) is 10.6. The van der Waals surface area contributed by atoms with Crippen LogP contribution in [0.15, 0.2) is 46.3 Å². The van der Waals surface area contributed by atoms with E-state index in [1.54, 1.807) is 11.3 Å². The van der Waals surface area contributed by atoms with E-state index in [9.17, 15) is 0 Å². The lowest BCUT2D eigenvalue weighted by Crippen LogP contribution is -2.11. The van der Waals surface area contributed by atoms with Crippen molar-refractivity contribution in [3.8, 4) is 0 Å². The van der Waals surface area contributed by atoms with Gasteiger partial charge in [-0.15, -0.1) is 11.3 Å². The van der Waals surface area contributed by atoms with Gasteiger partial charge >= 0.3 is 0 Å². The van der Waals surface area contributed by atoms with Crippen LogP contribution in [0.25, 0.3) is 0 Å². The predicted octanol–water partition coefficient (Wildman–Crippen LogP) is 3.75. The van der Waals surface area contributed by atoms with Gasteiger partial charge in [-0.3, -0.25) is 0 Å². The Labute approximate surface area is 102 Å². The van der Waals surface area contributed by atoms with Crippen molar-refractivity contribution in [2.24, 2.45) is 5.73 Å². The Hall–Kier alpha value is -0.640. The summed E-state index contributed by atoms with van der Waals surface area (Å²) in [5.74, 6) is 0. The van der Waals surface area contributed by atoms with E-state index in [2.05, 4.69) is 39.5 Å². The highest BCUT2D eigenvalue weighted by atomic mass is 79.9. The molecule has 1 aromatic heterocycles. The molecule has 1 heterocycles. The Morgan fingerprint density at radius 3 is 2.60 bits per heavy atom. The van der Waals surface area contributed by atoms with Crippen LogP contribution in [0.2, 0.25) is 0 Å². The molecule has 1 unspecified atom stereocenters. The van der Waals surface area contributed by atoms with Crippen LogP contribution < -0.4 is 5.73 Å². The Morgan fingerprint density at radius 1 is 1.27 bits per heavy atom. The first-order chi connectivity index (χ1) is 7.25. The minimum absolute atomic E-state index is 0.101. The largest absolute Gasteiger partial charge is 0.323 e. The van der Waals surface area contributed by atoms with E-state index >= 15 is 0 Å². The van der Waals surface area contributed by atoms with Crippen LogP contribution in [0, 0.1) is 0 Å². The molecule has 0 bridgehead atoms. The molecule has 0 saturated carbocycles. The van der Waals surface area contributed by atoms with Crippen LogP contribution in [-0.2, 0) is 6.42 Å². The molecule has 0 fully saturated rings. The molecular weight excluding hydrogens is 270 g/mol. The fourth-order valence-electron chi connectivity index (χ4n) is 1.49. The smallest absolute Gasteiger partial charge is 0.0431 e. The standard InChI is InChI=1S/C12H12BrNS/c13-10-7-12(15-8-10)11(14)6-9-4-2-1-3-5-9/h1-5,7-8,11H,6,14H2. The van der Waals surface area contributed by atoms with Gasteiger partial charge in [0, 0.05) is 20.8 Å². The fraction of sp³-hybridized carbons (Fsp3) is 0.167. The highest BCUT2D eigenvalue weighted by Gasteiger charge is 2.08. The second kappa shape index (κ2) is 4.92. The molecule has 2 N–H and O–H groups in total. The van der Waals surface area contributed by atoms with Gasteiger partial charge in [0.25, 0.3) is 0 Å². The van der Waals surface area contributed by atoms with Gasteiger partial charge in [0.1, 0.15) is 0 Å². The van der Waals surface area contributed by atoms with Crippen LogP contribution in [0.1, 0.15) is 16.5 Å². The van der Waals surface area contributed by atoms with Crippen LogP contribution in [0.3, 0.4) is 0 Å². The molecule has 2 rings (SSSR count). The summed E-state index contributed by atoms with van der Waals surface area (Å²) in [6, 6.07) is 12.5. The number of hydrogen-bond donors (Lipinski definition) is 1. The van der Waals surface area contributed by atoms with E-state index in [4.69, 9.17) is 5.73 Å². The summed E-state index contributed by atoms with van der Waals surface area (Å²) in [7, 11) is 0. The monoisotopic (exact) mass is 281 g/mol. The zero-order chi connectivity index (χ0) is 10.7. The molecule has 0 amide bonds. The summed E-state index contributed by atoms with van der Waals surface area (Å²) in [6.07, 6.45) is 0.897. The van der Waals surface area contributed by atoms with E-state index in [-0.39, 0.29) is 6.04 Å². The summed E-state index contributed by atoms with van der Waals surface area (Å²) >= 11 is 5.15. The molecule has 1 atom stereocenters. The molecule has 0 radical (unpaired) electrons. The van der Waals surface area contributed by atoms with Gasteiger partial charge in [0.2, 0.25) is 0 Å². The van der Waals surface area contributed by atoms with Crippen LogP contribution in [0.5, 0.6) is 0 Å². The van der Waals surface area contributed by atoms with E-state index in [1.165, 1.54) is 10.4 Å². The van der Waals surface area contributed by atoms with Gasteiger partial charge in [-0.25, -0.2) is 0 Å². The third kappa shape index (κ3) is 2.91. The fourth-order valence-corrected chi connectivity index (χ4v) is 2.94. The average Bonchev–Trinajstić information content (AvgIpc) is 2.66. The third-order valence-corrected chi connectivity index (χ3v) is 4.08. The molecule has 0 spiro atoms. The zero-order valence-electron chi connectivity index (χ0n) is 8.19. The number of halogens is 1. The van der Waals surface area contributed by atoms with Gasteiger partial charge in [-0.2, -0.15) is 0 Å². The number of rotatable bonds is 3. The van der Waals surface area contributed by atoms with Crippen molar-refractivity contribution in [1.82, 2.24) is 0 Å². The molecule has 15 heavy (non-hydrogen) atoms. The summed E-state index contributed by atoms with van der Waals surface area (Å²) < 4.78 is 1.12. The molecule has 2 aromatic rings. The van der Waals surface area contributed by atoms with Crippen molar-refractivity contribution in [2.45, 2.75) is 12.5 Å². The minimum Gasteiger partial charge on any atom is -0.323 e. The van der Waals surface area contributed by atoms with Crippen LogP contribution >= 0.6 is 27.3 Å². The van der Waals surface area contributed by atoms with Crippen molar-refractivity contribution < 1.29 is 0 Å². The lowest BCUT2D eigenvalue weighted by atomic mass is 10.1. The summed E-state index contributed by atoms with van der Waals surface area (Å²) in [6.45, 7) is 0. The molecule has 0 aliphatic carbocycles. The van der Waals surface area contributed by atoms with Crippen molar-refractivity contribution in [2.75, 3.05) is 0 Å². The first-order valence-electron chi connectivity index (χ1n) is 4.79. The maximum absolute atomic E-state index is 6.13. The minimum atomic E-state index is 0.101. The lowest BCUT2D eigenvalue weighted by molar-refractivity contribution is 0.736. The highest BCUT2D eigenvalue weighted by molar-refractivity contribution is 9.10. The van der Waals surface area contributed by atoms with Gasteiger partial charge in [-0.05, 0) is 34.0 Å². The number of thiophene rings is 1. The molecule has 1 aromatic carbocycles. The second-order valence-corrected chi connectivity index (χ2v) is 5.32. The van der Waals surface area contributed by atoms with Gasteiger partial charge in [0.15, 0.2) is 0 Å². The van der Waals surface area contributed by atoms with E-state index in [0.29, 0.717) is 0 Å². The van der Waals surface area contributed by atoms with Crippen molar-refractivity contribution in [1.29, 1.82) is 0 Å². The first-order valence-corrected chi connectivity index (χ1v) is 6.46. The Bertz CT molecular complexity index is 424. The quantitative estimate of drug-likeness (QED) is 0.911. The van der Waals surface area contributed by atoms with Crippen molar-refractivity contribution in [3.63, 3.8) is 0 Å². The molecule has 1 nitrogen and oxygen atoms in total. The second-order valence-electron chi connectivity index (χ2n) is 3.46. The van der Waals surface area contributed by atoms with Gasteiger partial charge in [-0.1, -0.05) is 30.3 Å². The van der Waals surface area contributed by atoms with Gasteiger partial charge in [0.05, 0.1) is 0 Å². The van der Waals surface area contributed by atoms with Crippen LogP contribution in [0.4, 0.5) is 0 Å². The van der Waals surface area contributed by atoms with Gasteiger partial charge < -0.3 is 5.73 Å². The predicted molar refractivity (Wildman–Crippen MR) is 69.1 cm³/mol. The Kier molecular flexibility index (Phi) is 3.57. The average molecular weight is 282 g/mol. The number of benzene rings is 1. The molecule has 0 aliphatic rings. The molecule has 78 valence electrons. The summed E-state index contributed by atoms with van der Waals surface area (Å²) in [5, 5.41) is 2.07. The first kappa shape index (κ1) is 10.9. The number of hydrogen-bond acceptors (Lipinski definition) is 2. The maximum Gasteiger partial charge on any atom is 0.0431 e.